The van der Waals surface area contributed by atoms with Crippen molar-refractivity contribution in [2.75, 3.05) is 6.61 Å². The van der Waals surface area contributed by atoms with Crippen molar-refractivity contribution in [2.45, 2.75) is 19.5 Å². The molecule has 88 valence electrons. The highest BCUT2D eigenvalue weighted by atomic mass is 16.6. The molecule has 1 aromatic rings. The highest BCUT2D eigenvalue weighted by Crippen LogP contribution is 2.26. The maximum atomic E-state index is 10.6. The smallest absolute Gasteiger partial charge is 0.311 e. The summed E-state index contributed by atoms with van der Waals surface area (Å²) >= 11 is 0. The number of nitro groups is 1. The van der Waals surface area contributed by atoms with Crippen LogP contribution in [0, 0.1) is 10.1 Å². The normalized spacial score (nSPS) is 12.4. The van der Waals surface area contributed by atoms with Crippen molar-refractivity contribution < 1.29 is 15.1 Å². The van der Waals surface area contributed by atoms with Crippen molar-refractivity contribution in [3.8, 4) is 5.75 Å². The number of hydrogen-bond donors (Lipinski definition) is 3. The van der Waals surface area contributed by atoms with E-state index in [1.165, 1.54) is 12.1 Å². The molecule has 0 fully saturated rings. The summed E-state index contributed by atoms with van der Waals surface area (Å²) in [5.74, 6) is -0.344. The molecule has 16 heavy (non-hydrogen) atoms. The molecule has 0 bridgehead atoms. The molecule has 1 aromatic carbocycles. The lowest BCUT2D eigenvalue weighted by Gasteiger charge is -2.10. The van der Waals surface area contributed by atoms with E-state index in [0.717, 1.165) is 0 Å². The molecule has 0 aliphatic rings. The topological polar surface area (TPSA) is 95.6 Å². The van der Waals surface area contributed by atoms with Crippen LogP contribution in [0.2, 0.25) is 0 Å². The highest BCUT2D eigenvalue weighted by Gasteiger charge is 2.13. The molecule has 6 nitrogen and oxygen atoms in total. The third-order valence-electron chi connectivity index (χ3n) is 2.17. The zero-order valence-electron chi connectivity index (χ0n) is 8.88. The second-order valence-corrected chi connectivity index (χ2v) is 3.54. The van der Waals surface area contributed by atoms with E-state index in [1.807, 2.05) is 0 Å². The Labute approximate surface area is 92.7 Å². The molecule has 0 aliphatic carbocycles. The van der Waals surface area contributed by atoms with Gasteiger partial charge in [0.2, 0.25) is 0 Å². The molecule has 0 aliphatic heterocycles. The minimum absolute atomic E-state index is 0.000175. The number of phenols is 1. The van der Waals surface area contributed by atoms with E-state index in [4.69, 9.17) is 5.11 Å². The standard InChI is InChI=1S/C10H14N2O4/c1-7(6-13)11-5-8-2-3-10(14)9(4-8)12(15)16/h2-4,7,11,13-14H,5-6H2,1H3/t7-/m0/s1. The minimum Gasteiger partial charge on any atom is -0.502 e. The SMILES string of the molecule is C[C@@H](CO)NCc1ccc(O)c([N+](=O)[O-])c1. The molecule has 0 aromatic heterocycles. The Balaban J connectivity index is 2.75. The lowest BCUT2D eigenvalue weighted by Crippen LogP contribution is -2.28. The van der Waals surface area contributed by atoms with Crippen molar-refractivity contribution in [3.63, 3.8) is 0 Å². The maximum absolute atomic E-state index is 10.6. The van der Waals surface area contributed by atoms with Crippen LogP contribution in [0.25, 0.3) is 0 Å². The monoisotopic (exact) mass is 226 g/mol. The number of nitrogens with zero attached hydrogens (tertiary/aromatic N) is 1. The van der Waals surface area contributed by atoms with Crippen LogP contribution in [0.1, 0.15) is 12.5 Å². The third kappa shape index (κ3) is 3.18. The molecule has 6 heteroatoms. The Hall–Kier alpha value is -1.66. The van der Waals surface area contributed by atoms with Crippen LogP contribution in [-0.4, -0.2) is 27.8 Å². The van der Waals surface area contributed by atoms with Gasteiger partial charge in [-0.05, 0) is 18.6 Å². The first-order valence-electron chi connectivity index (χ1n) is 4.85. The molecule has 0 heterocycles. The van der Waals surface area contributed by atoms with Gasteiger partial charge in [-0.3, -0.25) is 10.1 Å². The van der Waals surface area contributed by atoms with Crippen LogP contribution >= 0.6 is 0 Å². The van der Waals surface area contributed by atoms with E-state index in [-0.39, 0.29) is 24.1 Å². The van der Waals surface area contributed by atoms with Crippen LogP contribution in [0.3, 0.4) is 0 Å². The quantitative estimate of drug-likeness (QED) is 0.509. The lowest BCUT2D eigenvalue weighted by atomic mass is 10.2. The van der Waals surface area contributed by atoms with Crippen molar-refractivity contribution in [1.29, 1.82) is 0 Å². The lowest BCUT2D eigenvalue weighted by molar-refractivity contribution is -0.385. The van der Waals surface area contributed by atoms with E-state index < -0.39 is 4.92 Å². The molecule has 0 saturated heterocycles. The van der Waals surface area contributed by atoms with E-state index in [9.17, 15) is 15.2 Å². The number of nitrogens with one attached hydrogen (secondary N) is 1. The molecular weight excluding hydrogens is 212 g/mol. The summed E-state index contributed by atoms with van der Waals surface area (Å²) in [7, 11) is 0. The number of aliphatic hydroxyl groups excluding tert-OH is 1. The summed E-state index contributed by atoms with van der Waals surface area (Å²) < 4.78 is 0. The average molecular weight is 226 g/mol. The summed E-state index contributed by atoms with van der Waals surface area (Å²) in [5, 5.41) is 31.5. The molecule has 0 unspecified atom stereocenters. The number of aromatic hydroxyl groups is 1. The van der Waals surface area contributed by atoms with Gasteiger partial charge in [-0.25, -0.2) is 0 Å². The Kier molecular flexibility index (Phi) is 4.21. The van der Waals surface area contributed by atoms with E-state index in [1.54, 1.807) is 13.0 Å². The van der Waals surface area contributed by atoms with Gasteiger partial charge >= 0.3 is 5.69 Å². The number of nitro benzene ring substituents is 1. The Morgan fingerprint density at radius 3 is 2.81 bits per heavy atom. The number of aliphatic hydroxyl groups is 1. The van der Waals surface area contributed by atoms with Crippen LogP contribution in [0.15, 0.2) is 18.2 Å². The molecule has 0 radical (unpaired) electrons. The molecule has 1 rings (SSSR count). The number of hydrogen-bond acceptors (Lipinski definition) is 5. The van der Waals surface area contributed by atoms with Crippen LogP contribution in [0.4, 0.5) is 5.69 Å². The highest BCUT2D eigenvalue weighted by molar-refractivity contribution is 5.47. The van der Waals surface area contributed by atoms with Gasteiger partial charge in [0.1, 0.15) is 0 Å². The first-order valence-corrected chi connectivity index (χ1v) is 4.85. The summed E-state index contributed by atoms with van der Waals surface area (Å²) in [6.07, 6.45) is 0. The molecular formula is C10H14N2O4. The summed E-state index contributed by atoms with van der Waals surface area (Å²) in [6, 6.07) is 4.12. The van der Waals surface area contributed by atoms with Gasteiger partial charge in [0.15, 0.2) is 5.75 Å². The zero-order valence-corrected chi connectivity index (χ0v) is 8.88. The van der Waals surface area contributed by atoms with Crippen LogP contribution in [-0.2, 0) is 6.54 Å². The molecule has 3 N–H and O–H groups in total. The first-order chi connectivity index (χ1) is 7.54. The maximum Gasteiger partial charge on any atom is 0.311 e. The second-order valence-electron chi connectivity index (χ2n) is 3.54. The predicted octanol–water partition coefficient (Wildman–Crippen LogP) is 0.771. The average Bonchev–Trinajstić information content (AvgIpc) is 2.27. The van der Waals surface area contributed by atoms with Gasteiger partial charge in [0.05, 0.1) is 11.5 Å². The van der Waals surface area contributed by atoms with E-state index in [0.29, 0.717) is 12.1 Å². The molecule has 0 amide bonds. The third-order valence-corrected chi connectivity index (χ3v) is 2.17. The largest absolute Gasteiger partial charge is 0.502 e. The van der Waals surface area contributed by atoms with Gasteiger partial charge < -0.3 is 15.5 Å². The summed E-state index contributed by atoms with van der Waals surface area (Å²) in [6.45, 7) is 2.21. The van der Waals surface area contributed by atoms with Gasteiger partial charge in [-0.2, -0.15) is 0 Å². The Morgan fingerprint density at radius 1 is 1.56 bits per heavy atom. The number of rotatable bonds is 5. The summed E-state index contributed by atoms with van der Waals surface area (Å²) in [4.78, 5) is 9.92. The zero-order chi connectivity index (χ0) is 12.1. The van der Waals surface area contributed by atoms with Crippen molar-refractivity contribution in [3.05, 3.63) is 33.9 Å². The number of benzene rings is 1. The number of phenolic OH excluding ortho intramolecular Hbond substituents is 1. The Bertz CT molecular complexity index is 381. The molecule has 0 spiro atoms. The summed E-state index contributed by atoms with van der Waals surface area (Å²) in [5.41, 5.74) is 0.376. The van der Waals surface area contributed by atoms with Gasteiger partial charge in [-0.15, -0.1) is 0 Å². The van der Waals surface area contributed by atoms with Gasteiger partial charge in [0.25, 0.3) is 0 Å². The van der Waals surface area contributed by atoms with Crippen LogP contribution < -0.4 is 5.32 Å². The van der Waals surface area contributed by atoms with Crippen molar-refractivity contribution >= 4 is 5.69 Å². The second kappa shape index (κ2) is 5.43. The molecule has 1 atom stereocenters. The first kappa shape index (κ1) is 12.4. The van der Waals surface area contributed by atoms with Gasteiger partial charge in [-0.1, -0.05) is 6.07 Å². The van der Waals surface area contributed by atoms with Gasteiger partial charge in [0, 0.05) is 18.7 Å². The van der Waals surface area contributed by atoms with E-state index in [2.05, 4.69) is 5.32 Å². The predicted molar refractivity (Wildman–Crippen MR) is 58.1 cm³/mol. The Morgan fingerprint density at radius 2 is 2.25 bits per heavy atom. The minimum atomic E-state index is -0.631. The van der Waals surface area contributed by atoms with Crippen LogP contribution in [0.5, 0.6) is 5.75 Å². The molecule has 0 saturated carbocycles. The fraction of sp³-hybridized carbons (Fsp3) is 0.400. The van der Waals surface area contributed by atoms with Crippen molar-refractivity contribution in [1.82, 2.24) is 5.32 Å². The van der Waals surface area contributed by atoms with E-state index >= 15 is 0 Å². The fourth-order valence-corrected chi connectivity index (χ4v) is 1.18. The fourth-order valence-electron chi connectivity index (χ4n) is 1.18. The van der Waals surface area contributed by atoms with Crippen molar-refractivity contribution in [2.24, 2.45) is 0 Å².